The second kappa shape index (κ2) is 8.90. The lowest BCUT2D eigenvalue weighted by atomic mass is 10.1. The van der Waals surface area contributed by atoms with Crippen molar-refractivity contribution in [3.63, 3.8) is 0 Å². The van der Waals surface area contributed by atoms with Crippen LogP contribution in [0.25, 0.3) is 0 Å². The molecule has 0 spiro atoms. The van der Waals surface area contributed by atoms with Crippen LogP contribution < -0.4 is 5.32 Å². The molecular formula is C19H33ClN2O4Si. The molecule has 1 aromatic rings. The van der Waals surface area contributed by atoms with Crippen molar-refractivity contribution < 1.29 is 19.1 Å². The average Bonchev–Trinajstić information content (AvgIpc) is 2.48. The number of aromatic nitrogens is 1. The standard InChI is InChI=1S/C19H33ClN2O4Si/c1-18(2,3)26-17(24)22-15(12-25-27(7,8)19(4,5)6)16-13(11-23)9-14(20)10-21-16/h9-10,15,23H,11-12H2,1-8H3,(H,22,24)/t15-/m0/s1. The first-order chi connectivity index (χ1) is 12.2. The molecule has 1 amide bonds. The first-order valence-electron chi connectivity index (χ1n) is 9.05. The van der Waals surface area contributed by atoms with Crippen LogP contribution in [0.2, 0.25) is 23.2 Å². The lowest BCUT2D eigenvalue weighted by Crippen LogP contribution is -2.44. The van der Waals surface area contributed by atoms with E-state index in [1.54, 1.807) is 26.8 Å². The molecule has 0 aromatic carbocycles. The lowest BCUT2D eigenvalue weighted by Gasteiger charge is -2.37. The van der Waals surface area contributed by atoms with Gasteiger partial charge in [-0.3, -0.25) is 4.98 Å². The fourth-order valence-electron chi connectivity index (χ4n) is 2.08. The zero-order chi connectivity index (χ0) is 21.0. The molecule has 0 unspecified atom stereocenters. The van der Waals surface area contributed by atoms with Crippen LogP contribution in [0.3, 0.4) is 0 Å². The minimum atomic E-state index is -2.05. The van der Waals surface area contributed by atoms with Gasteiger partial charge >= 0.3 is 6.09 Å². The number of carbonyl (C=O) groups is 1. The predicted molar refractivity (Wildman–Crippen MR) is 110 cm³/mol. The summed E-state index contributed by atoms with van der Waals surface area (Å²) in [6.07, 6.45) is 0.929. The first-order valence-corrected chi connectivity index (χ1v) is 12.3. The van der Waals surface area contributed by atoms with E-state index in [1.165, 1.54) is 6.20 Å². The molecule has 1 aromatic heterocycles. The van der Waals surface area contributed by atoms with Crippen molar-refractivity contribution in [2.24, 2.45) is 0 Å². The summed E-state index contributed by atoms with van der Waals surface area (Å²) in [6.45, 7) is 16.1. The number of halogens is 1. The summed E-state index contributed by atoms with van der Waals surface area (Å²) >= 11 is 5.99. The van der Waals surface area contributed by atoms with E-state index in [2.05, 4.69) is 44.2 Å². The number of nitrogens with zero attached hydrogens (tertiary/aromatic N) is 1. The van der Waals surface area contributed by atoms with Gasteiger partial charge in [0, 0.05) is 11.8 Å². The number of hydrogen-bond acceptors (Lipinski definition) is 5. The molecule has 0 saturated carbocycles. The molecule has 27 heavy (non-hydrogen) atoms. The molecule has 0 bridgehead atoms. The molecule has 1 rings (SSSR count). The van der Waals surface area contributed by atoms with Crippen LogP contribution in [-0.4, -0.2) is 36.7 Å². The third kappa shape index (κ3) is 7.41. The Labute approximate surface area is 168 Å². The van der Waals surface area contributed by atoms with E-state index in [0.717, 1.165) is 0 Å². The van der Waals surface area contributed by atoms with Gasteiger partial charge in [0.15, 0.2) is 8.32 Å². The van der Waals surface area contributed by atoms with E-state index < -0.39 is 26.1 Å². The smallest absolute Gasteiger partial charge is 0.408 e. The number of amides is 1. The average molecular weight is 417 g/mol. The van der Waals surface area contributed by atoms with Crippen molar-refractivity contribution in [3.8, 4) is 0 Å². The molecular weight excluding hydrogens is 384 g/mol. The summed E-state index contributed by atoms with van der Waals surface area (Å²) in [4.78, 5) is 16.7. The number of ether oxygens (including phenoxy) is 1. The van der Waals surface area contributed by atoms with Gasteiger partial charge in [0.25, 0.3) is 0 Å². The van der Waals surface area contributed by atoms with E-state index >= 15 is 0 Å². The minimum absolute atomic E-state index is 0.0245. The van der Waals surface area contributed by atoms with Gasteiger partial charge in [-0.2, -0.15) is 0 Å². The zero-order valence-corrected chi connectivity index (χ0v) is 19.4. The topological polar surface area (TPSA) is 80.7 Å². The Morgan fingerprint density at radius 1 is 1.30 bits per heavy atom. The Bertz CT molecular complexity index is 654. The van der Waals surface area contributed by atoms with Crippen LogP contribution in [0.15, 0.2) is 12.3 Å². The van der Waals surface area contributed by atoms with Gasteiger partial charge in [-0.05, 0) is 45.0 Å². The monoisotopic (exact) mass is 416 g/mol. The Kier molecular flexibility index (Phi) is 7.87. The van der Waals surface area contributed by atoms with Crippen LogP contribution in [0.5, 0.6) is 0 Å². The summed E-state index contributed by atoms with van der Waals surface area (Å²) in [5.41, 5.74) is 0.441. The molecule has 1 heterocycles. The molecule has 1 atom stereocenters. The van der Waals surface area contributed by atoms with Gasteiger partial charge < -0.3 is 19.6 Å². The number of aliphatic hydroxyl groups excluding tert-OH is 1. The Hall–Kier alpha value is -1.15. The fraction of sp³-hybridized carbons (Fsp3) is 0.684. The number of nitrogens with one attached hydrogen (secondary N) is 1. The molecule has 0 fully saturated rings. The largest absolute Gasteiger partial charge is 0.444 e. The highest BCUT2D eigenvalue weighted by Crippen LogP contribution is 2.37. The van der Waals surface area contributed by atoms with Gasteiger partial charge in [-0.15, -0.1) is 0 Å². The second-order valence-corrected chi connectivity index (χ2v) is 14.4. The molecule has 0 aliphatic rings. The van der Waals surface area contributed by atoms with E-state index in [-0.39, 0.29) is 18.3 Å². The summed E-state index contributed by atoms with van der Waals surface area (Å²) < 4.78 is 11.7. The number of rotatable bonds is 6. The number of alkyl carbamates (subject to hydrolysis) is 1. The lowest BCUT2D eigenvalue weighted by molar-refractivity contribution is 0.0481. The third-order valence-electron chi connectivity index (χ3n) is 4.58. The molecule has 0 aliphatic carbocycles. The van der Waals surface area contributed by atoms with Gasteiger partial charge in [-0.1, -0.05) is 32.4 Å². The van der Waals surface area contributed by atoms with Gasteiger partial charge in [0.2, 0.25) is 0 Å². The van der Waals surface area contributed by atoms with Crippen molar-refractivity contribution >= 4 is 26.0 Å². The van der Waals surface area contributed by atoms with Crippen LogP contribution in [-0.2, 0) is 15.8 Å². The van der Waals surface area contributed by atoms with Crippen LogP contribution >= 0.6 is 11.6 Å². The number of carbonyl (C=O) groups excluding carboxylic acids is 1. The summed E-state index contributed by atoms with van der Waals surface area (Å²) in [6, 6.07) is 1.08. The maximum absolute atomic E-state index is 12.3. The number of aliphatic hydroxyl groups is 1. The first kappa shape index (κ1) is 23.9. The highest BCUT2D eigenvalue weighted by atomic mass is 35.5. The number of pyridine rings is 1. The van der Waals surface area contributed by atoms with Crippen molar-refractivity contribution in [2.45, 2.75) is 77.9 Å². The third-order valence-corrected chi connectivity index (χ3v) is 9.28. The minimum Gasteiger partial charge on any atom is -0.444 e. The van der Waals surface area contributed by atoms with Crippen LogP contribution in [0.1, 0.15) is 58.8 Å². The molecule has 0 aliphatic heterocycles. The summed E-state index contributed by atoms with van der Waals surface area (Å²) in [5.74, 6) is 0. The van der Waals surface area contributed by atoms with Crippen LogP contribution in [0.4, 0.5) is 4.79 Å². The van der Waals surface area contributed by atoms with E-state index in [1.807, 2.05) is 0 Å². The fourth-order valence-corrected chi connectivity index (χ4v) is 3.28. The molecule has 0 radical (unpaired) electrons. The van der Waals surface area contributed by atoms with E-state index in [0.29, 0.717) is 16.3 Å². The Balaban J connectivity index is 3.12. The highest BCUT2D eigenvalue weighted by molar-refractivity contribution is 6.74. The Morgan fingerprint density at radius 3 is 2.37 bits per heavy atom. The molecule has 8 heteroatoms. The SMILES string of the molecule is CC(C)(C)OC(=O)N[C@@H](CO[Si](C)(C)C(C)(C)C)c1ncc(Cl)cc1CO. The molecule has 2 N–H and O–H groups in total. The van der Waals surface area contributed by atoms with Gasteiger partial charge in [0.05, 0.1) is 30.0 Å². The zero-order valence-electron chi connectivity index (χ0n) is 17.6. The van der Waals surface area contributed by atoms with Gasteiger partial charge in [-0.25, -0.2) is 4.79 Å². The summed E-state index contributed by atoms with van der Waals surface area (Å²) in [5, 5.41) is 13.0. The van der Waals surface area contributed by atoms with E-state index in [4.69, 9.17) is 20.8 Å². The highest BCUT2D eigenvalue weighted by Gasteiger charge is 2.38. The molecule has 154 valence electrons. The molecule has 6 nitrogen and oxygen atoms in total. The predicted octanol–water partition coefficient (Wildman–Crippen LogP) is 4.81. The second-order valence-electron chi connectivity index (χ2n) is 9.13. The van der Waals surface area contributed by atoms with Crippen molar-refractivity contribution in [1.82, 2.24) is 10.3 Å². The maximum atomic E-state index is 12.3. The van der Waals surface area contributed by atoms with Gasteiger partial charge in [0.1, 0.15) is 5.60 Å². The maximum Gasteiger partial charge on any atom is 0.408 e. The van der Waals surface area contributed by atoms with E-state index in [9.17, 15) is 9.90 Å². The molecule has 0 saturated heterocycles. The van der Waals surface area contributed by atoms with Crippen LogP contribution in [0, 0.1) is 0 Å². The quantitative estimate of drug-likeness (QED) is 0.650. The van der Waals surface area contributed by atoms with Crippen molar-refractivity contribution in [1.29, 1.82) is 0 Å². The number of hydrogen-bond donors (Lipinski definition) is 2. The van der Waals surface area contributed by atoms with Crippen molar-refractivity contribution in [2.75, 3.05) is 6.61 Å². The van der Waals surface area contributed by atoms with Crippen molar-refractivity contribution in [3.05, 3.63) is 28.5 Å². The Morgan fingerprint density at radius 2 is 1.89 bits per heavy atom. The summed E-state index contributed by atoms with van der Waals surface area (Å²) in [7, 11) is -2.05. The normalized spacial score (nSPS) is 14.0.